The highest BCUT2D eigenvalue weighted by Gasteiger charge is 2.11. The fourth-order valence-corrected chi connectivity index (χ4v) is 2.43. The number of carbonyl (C=O) groups excluding carboxylic acids is 1. The molecule has 0 aliphatic heterocycles. The lowest BCUT2D eigenvalue weighted by atomic mass is 10.0. The van der Waals surface area contributed by atoms with Crippen molar-refractivity contribution in [2.45, 2.75) is 6.42 Å². The number of carbonyl (C=O) groups is 2. The van der Waals surface area contributed by atoms with Crippen LogP contribution in [0.4, 0.5) is 0 Å². The zero-order valence-corrected chi connectivity index (χ0v) is 14.8. The summed E-state index contributed by atoms with van der Waals surface area (Å²) >= 11 is 0. The molecule has 0 amide bonds. The van der Waals surface area contributed by atoms with E-state index in [-0.39, 0.29) is 12.2 Å². The third-order valence-corrected chi connectivity index (χ3v) is 3.71. The van der Waals surface area contributed by atoms with Crippen molar-refractivity contribution in [2.75, 3.05) is 21.3 Å². The van der Waals surface area contributed by atoms with Crippen LogP contribution in [0.25, 0.3) is 6.08 Å². The van der Waals surface area contributed by atoms with E-state index in [9.17, 15) is 9.59 Å². The first-order chi connectivity index (χ1) is 12.5. The van der Waals surface area contributed by atoms with Crippen molar-refractivity contribution in [2.24, 2.45) is 0 Å². The van der Waals surface area contributed by atoms with Gasteiger partial charge in [0, 0.05) is 17.2 Å². The lowest BCUT2D eigenvalue weighted by Gasteiger charge is -2.08. The second kappa shape index (κ2) is 8.71. The van der Waals surface area contributed by atoms with Gasteiger partial charge in [-0.15, -0.1) is 0 Å². The minimum absolute atomic E-state index is 0.221. The van der Waals surface area contributed by atoms with Crippen LogP contribution >= 0.6 is 0 Å². The van der Waals surface area contributed by atoms with Crippen molar-refractivity contribution < 1.29 is 28.9 Å². The molecule has 6 heteroatoms. The number of methoxy groups -OCH3 is 3. The molecule has 0 aromatic heterocycles. The number of allylic oxidation sites excluding steroid dienone is 1. The molecule has 0 unspecified atom stereocenters. The molecule has 0 heterocycles. The summed E-state index contributed by atoms with van der Waals surface area (Å²) in [6.07, 6.45) is 2.84. The summed E-state index contributed by atoms with van der Waals surface area (Å²) in [7, 11) is 4.56. The van der Waals surface area contributed by atoms with Gasteiger partial charge in [-0.1, -0.05) is 6.08 Å². The molecule has 0 bridgehead atoms. The first-order valence-electron chi connectivity index (χ1n) is 7.81. The van der Waals surface area contributed by atoms with E-state index in [0.717, 1.165) is 5.56 Å². The van der Waals surface area contributed by atoms with E-state index < -0.39 is 5.97 Å². The molecule has 0 aliphatic carbocycles. The first kappa shape index (κ1) is 19.1. The number of carboxylic acids is 1. The van der Waals surface area contributed by atoms with Gasteiger partial charge in [0.05, 0.1) is 27.8 Å². The molecule has 0 atom stereocenters. The Balaban J connectivity index is 2.26. The SMILES string of the molecule is COc1cc(/C=C/C(=O)c2ccc(OC)c(CC(=O)O)c2)cc(OC)c1. The molecule has 6 nitrogen and oxygen atoms in total. The Bertz CT molecular complexity index is 816. The van der Waals surface area contributed by atoms with E-state index in [0.29, 0.717) is 28.4 Å². The summed E-state index contributed by atoms with van der Waals surface area (Å²) in [5, 5.41) is 8.99. The van der Waals surface area contributed by atoms with Crippen molar-refractivity contribution >= 4 is 17.8 Å². The Morgan fingerprint density at radius 3 is 2.15 bits per heavy atom. The Hall–Kier alpha value is -3.28. The van der Waals surface area contributed by atoms with Crippen LogP contribution in [0.2, 0.25) is 0 Å². The fraction of sp³-hybridized carbons (Fsp3) is 0.200. The number of benzene rings is 2. The molecule has 2 aromatic rings. The number of aliphatic carboxylic acids is 1. The van der Waals surface area contributed by atoms with Crippen molar-refractivity contribution in [3.8, 4) is 17.2 Å². The molecular weight excluding hydrogens is 336 g/mol. The van der Waals surface area contributed by atoms with Crippen LogP contribution in [0.3, 0.4) is 0 Å². The summed E-state index contributed by atoms with van der Waals surface area (Å²) in [4.78, 5) is 23.4. The maximum atomic E-state index is 12.4. The van der Waals surface area contributed by atoms with Crippen LogP contribution in [-0.4, -0.2) is 38.2 Å². The molecule has 0 spiro atoms. The normalized spacial score (nSPS) is 10.6. The minimum atomic E-state index is -0.994. The molecule has 2 rings (SSSR count). The molecule has 0 radical (unpaired) electrons. The minimum Gasteiger partial charge on any atom is -0.497 e. The maximum Gasteiger partial charge on any atom is 0.307 e. The van der Waals surface area contributed by atoms with E-state index in [1.807, 2.05) is 0 Å². The second-order valence-electron chi connectivity index (χ2n) is 5.44. The standard InChI is InChI=1S/C20H20O6/c1-24-16-8-13(9-17(12-16)25-2)4-6-18(21)14-5-7-19(26-3)15(10-14)11-20(22)23/h4-10,12H,11H2,1-3H3,(H,22,23)/b6-4+. The number of hydrogen-bond acceptors (Lipinski definition) is 5. The highest BCUT2D eigenvalue weighted by Crippen LogP contribution is 2.24. The van der Waals surface area contributed by atoms with E-state index in [2.05, 4.69) is 0 Å². The highest BCUT2D eigenvalue weighted by atomic mass is 16.5. The Morgan fingerprint density at radius 2 is 1.62 bits per heavy atom. The monoisotopic (exact) mass is 356 g/mol. The quantitative estimate of drug-likeness (QED) is 0.578. The van der Waals surface area contributed by atoms with Crippen LogP contribution in [0.15, 0.2) is 42.5 Å². The van der Waals surface area contributed by atoms with E-state index in [1.54, 1.807) is 50.6 Å². The van der Waals surface area contributed by atoms with Crippen LogP contribution in [0.1, 0.15) is 21.5 Å². The molecule has 136 valence electrons. The van der Waals surface area contributed by atoms with Crippen molar-refractivity contribution in [1.82, 2.24) is 0 Å². The molecule has 0 saturated heterocycles. The summed E-state index contributed by atoms with van der Waals surface area (Å²) in [5.74, 6) is 0.424. The summed E-state index contributed by atoms with van der Waals surface area (Å²) in [6.45, 7) is 0. The highest BCUT2D eigenvalue weighted by molar-refractivity contribution is 6.07. The second-order valence-corrected chi connectivity index (χ2v) is 5.44. The average molecular weight is 356 g/mol. The largest absolute Gasteiger partial charge is 0.497 e. The number of ketones is 1. The zero-order chi connectivity index (χ0) is 19.1. The number of hydrogen-bond donors (Lipinski definition) is 1. The van der Waals surface area contributed by atoms with Crippen LogP contribution in [0.5, 0.6) is 17.2 Å². The van der Waals surface area contributed by atoms with Crippen LogP contribution in [0, 0.1) is 0 Å². The molecule has 0 aliphatic rings. The van der Waals surface area contributed by atoms with Gasteiger partial charge < -0.3 is 19.3 Å². The predicted molar refractivity (Wildman–Crippen MR) is 97.2 cm³/mol. The van der Waals surface area contributed by atoms with Crippen molar-refractivity contribution in [1.29, 1.82) is 0 Å². The predicted octanol–water partition coefficient (Wildman–Crippen LogP) is 3.24. The molecule has 26 heavy (non-hydrogen) atoms. The van der Waals surface area contributed by atoms with Gasteiger partial charge >= 0.3 is 5.97 Å². The number of rotatable bonds is 8. The van der Waals surface area contributed by atoms with Crippen LogP contribution in [-0.2, 0) is 11.2 Å². The van der Waals surface area contributed by atoms with Gasteiger partial charge in [0.15, 0.2) is 5.78 Å². The summed E-state index contributed by atoms with van der Waals surface area (Å²) in [5.41, 5.74) is 1.57. The van der Waals surface area contributed by atoms with Gasteiger partial charge in [0.1, 0.15) is 17.2 Å². The van der Waals surface area contributed by atoms with Gasteiger partial charge in [0.25, 0.3) is 0 Å². The Labute approximate surface area is 151 Å². The van der Waals surface area contributed by atoms with Gasteiger partial charge in [-0.25, -0.2) is 0 Å². The van der Waals surface area contributed by atoms with E-state index in [1.165, 1.54) is 19.3 Å². The van der Waals surface area contributed by atoms with Gasteiger partial charge in [0.2, 0.25) is 0 Å². The van der Waals surface area contributed by atoms with E-state index >= 15 is 0 Å². The summed E-state index contributed by atoms with van der Waals surface area (Å²) in [6, 6.07) is 10.0. The van der Waals surface area contributed by atoms with Gasteiger partial charge in [-0.3, -0.25) is 9.59 Å². The maximum absolute atomic E-state index is 12.4. The van der Waals surface area contributed by atoms with E-state index in [4.69, 9.17) is 19.3 Å². The molecule has 0 saturated carbocycles. The fourth-order valence-electron chi connectivity index (χ4n) is 2.43. The molecule has 0 fully saturated rings. The topological polar surface area (TPSA) is 82.1 Å². The number of carboxylic acid groups (broad SMARTS) is 1. The summed E-state index contributed by atoms with van der Waals surface area (Å²) < 4.78 is 15.5. The van der Waals surface area contributed by atoms with Crippen molar-refractivity contribution in [3.63, 3.8) is 0 Å². The first-order valence-corrected chi connectivity index (χ1v) is 7.81. The number of ether oxygens (including phenoxy) is 3. The molecule has 2 aromatic carbocycles. The smallest absolute Gasteiger partial charge is 0.307 e. The van der Waals surface area contributed by atoms with Crippen molar-refractivity contribution in [3.05, 3.63) is 59.2 Å². The van der Waals surface area contributed by atoms with Gasteiger partial charge in [-0.05, 0) is 42.0 Å². The lowest BCUT2D eigenvalue weighted by molar-refractivity contribution is -0.136. The lowest BCUT2D eigenvalue weighted by Crippen LogP contribution is -2.04. The van der Waals surface area contributed by atoms with Crippen LogP contribution < -0.4 is 14.2 Å². The third kappa shape index (κ3) is 4.86. The Morgan fingerprint density at radius 1 is 0.962 bits per heavy atom. The van der Waals surface area contributed by atoms with Gasteiger partial charge in [-0.2, -0.15) is 0 Å². The zero-order valence-electron chi connectivity index (χ0n) is 14.8. The average Bonchev–Trinajstić information content (AvgIpc) is 2.65. The molecule has 1 N–H and O–H groups in total. The third-order valence-electron chi connectivity index (χ3n) is 3.71. The molecular formula is C20H20O6. The Kier molecular flexibility index (Phi) is 6.38.